The van der Waals surface area contributed by atoms with Gasteiger partial charge in [-0.25, -0.2) is 0 Å². The molecule has 0 fully saturated rings. The number of ether oxygens (including phenoxy) is 1. The molecule has 0 amide bonds. The quantitative estimate of drug-likeness (QED) is 0.241. The fraction of sp³-hybridized carbons (Fsp3) is 0.111. The number of hydrogen-bond donors (Lipinski definition) is 0. The predicted octanol–water partition coefficient (Wildman–Crippen LogP) is 8.57. The molecule has 160 valence electrons. The fourth-order valence-corrected chi connectivity index (χ4v) is 8.39. The Morgan fingerprint density at radius 1 is 0.818 bits per heavy atom. The minimum Gasteiger partial charge on any atom is -0.497 e. The van der Waals surface area contributed by atoms with Crippen LogP contribution in [-0.2, 0) is 0 Å². The summed E-state index contributed by atoms with van der Waals surface area (Å²) in [5.41, 5.74) is 3.71. The van der Waals surface area contributed by atoms with Gasteiger partial charge in [-0.05, 0) is 60.9 Å². The summed E-state index contributed by atoms with van der Waals surface area (Å²) in [6.45, 7) is 4.26. The van der Waals surface area contributed by atoms with E-state index in [1.54, 1.807) is 35.9 Å². The maximum absolute atomic E-state index is 9.14. The van der Waals surface area contributed by atoms with Crippen LogP contribution < -0.4 is 4.74 Å². The Labute approximate surface area is 204 Å². The molecule has 0 saturated heterocycles. The van der Waals surface area contributed by atoms with Crippen molar-refractivity contribution < 1.29 is 4.74 Å². The summed E-state index contributed by atoms with van der Waals surface area (Å²) in [4.78, 5) is 4.82. The molecule has 0 radical (unpaired) electrons. The topological polar surface area (TPSA) is 56.8 Å². The average molecular weight is 483 g/mol. The minimum atomic E-state index is 0.137. The van der Waals surface area contributed by atoms with Crippen molar-refractivity contribution in [1.29, 1.82) is 10.5 Å². The molecule has 6 heteroatoms. The molecule has 0 spiro atoms. The number of allylic oxidation sites excluding steroid dienone is 1. The maximum Gasteiger partial charge on any atom is 0.131 e. The molecule has 0 aliphatic heterocycles. The largest absolute Gasteiger partial charge is 0.497 e. The van der Waals surface area contributed by atoms with Gasteiger partial charge in [0.1, 0.15) is 23.5 Å². The predicted molar refractivity (Wildman–Crippen MR) is 141 cm³/mol. The lowest BCUT2D eigenvalue weighted by molar-refractivity contribution is 0.415. The molecule has 0 aliphatic carbocycles. The molecular formula is C27H18N2OS3. The molecule has 0 bridgehead atoms. The van der Waals surface area contributed by atoms with Crippen LogP contribution in [0.1, 0.15) is 16.0 Å². The third kappa shape index (κ3) is 3.53. The van der Waals surface area contributed by atoms with Crippen LogP contribution >= 0.6 is 34.0 Å². The first-order valence-electron chi connectivity index (χ1n) is 10.3. The molecule has 3 heterocycles. The summed E-state index contributed by atoms with van der Waals surface area (Å²) >= 11 is 5.28. The highest BCUT2D eigenvalue weighted by Crippen LogP contribution is 2.51. The van der Waals surface area contributed by atoms with Gasteiger partial charge in [-0.3, -0.25) is 0 Å². The van der Waals surface area contributed by atoms with Crippen molar-refractivity contribution in [2.75, 3.05) is 7.11 Å². The van der Waals surface area contributed by atoms with E-state index in [9.17, 15) is 0 Å². The maximum atomic E-state index is 9.14. The highest BCUT2D eigenvalue weighted by molar-refractivity contribution is 7.41. The number of fused-ring (bicyclic) bond motifs is 2. The molecule has 0 unspecified atom stereocenters. The smallest absolute Gasteiger partial charge is 0.131 e. The number of methoxy groups -OCH3 is 1. The zero-order valence-electron chi connectivity index (χ0n) is 18.2. The summed E-state index contributed by atoms with van der Waals surface area (Å²) in [6, 6.07) is 20.8. The summed E-state index contributed by atoms with van der Waals surface area (Å²) in [6.07, 6.45) is 1.70. The molecule has 3 aromatic heterocycles. The highest BCUT2D eigenvalue weighted by atomic mass is 32.2. The zero-order chi connectivity index (χ0) is 23.1. The minimum absolute atomic E-state index is 0.137. The van der Waals surface area contributed by atoms with Gasteiger partial charge < -0.3 is 4.74 Å². The number of nitriles is 2. The standard InChI is InChI=1S/C27H18N2OS3/c1-15-22(12-17(13-28)14-29)31-27-23(15)16(2)24(33-27)26-21-7-5-4-6-20(21)25(32-26)18-8-10-19(30-3)11-9-18/h4-12H,1-3H3. The Kier molecular flexibility index (Phi) is 5.52. The number of nitrogens with zero attached hydrogens (tertiary/aromatic N) is 2. The lowest BCUT2D eigenvalue weighted by Gasteiger charge is -2.02. The first kappa shape index (κ1) is 21.4. The Morgan fingerprint density at radius 2 is 1.48 bits per heavy atom. The monoisotopic (exact) mass is 482 g/mol. The van der Waals surface area contributed by atoms with Gasteiger partial charge in [0.25, 0.3) is 0 Å². The number of thiophene rings is 3. The second-order valence-electron chi connectivity index (χ2n) is 7.63. The van der Waals surface area contributed by atoms with Crippen LogP contribution in [0.4, 0.5) is 0 Å². The summed E-state index contributed by atoms with van der Waals surface area (Å²) in [7, 11) is 1.68. The molecule has 0 aliphatic rings. The molecule has 2 aromatic carbocycles. The van der Waals surface area contributed by atoms with E-state index in [0.29, 0.717) is 0 Å². The fourth-order valence-electron chi connectivity index (χ4n) is 4.08. The van der Waals surface area contributed by atoms with Crippen molar-refractivity contribution >= 4 is 60.3 Å². The van der Waals surface area contributed by atoms with Crippen molar-refractivity contribution in [2.45, 2.75) is 13.8 Å². The van der Waals surface area contributed by atoms with E-state index in [0.717, 1.165) is 16.2 Å². The first-order chi connectivity index (χ1) is 16.0. The Bertz CT molecular complexity index is 1620. The van der Waals surface area contributed by atoms with E-state index >= 15 is 0 Å². The highest BCUT2D eigenvalue weighted by Gasteiger charge is 2.21. The van der Waals surface area contributed by atoms with Crippen LogP contribution in [0.25, 0.3) is 46.4 Å². The molecule has 3 nitrogen and oxygen atoms in total. The van der Waals surface area contributed by atoms with Crippen LogP contribution in [0.2, 0.25) is 0 Å². The van der Waals surface area contributed by atoms with Gasteiger partial charge in [0.15, 0.2) is 0 Å². The molecule has 33 heavy (non-hydrogen) atoms. The average Bonchev–Trinajstić information content (AvgIpc) is 3.48. The number of aryl methyl sites for hydroxylation is 2. The van der Waals surface area contributed by atoms with Crippen molar-refractivity contribution in [2.24, 2.45) is 0 Å². The molecular weight excluding hydrogens is 465 g/mol. The van der Waals surface area contributed by atoms with Crippen molar-refractivity contribution in [3.63, 3.8) is 0 Å². The van der Waals surface area contributed by atoms with Crippen molar-refractivity contribution in [3.05, 3.63) is 70.1 Å². The Hall–Kier alpha value is -3.42. The SMILES string of the molecule is COc1ccc(-c2sc(-c3sc4sc(C=C(C#N)C#N)c(C)c4c3C)c3ccccc23)cc1. The Morgan fingerprint density at radius 3 is 2.09 bits per heavy atom. The normalized spacial score (nSPS) is 10.8. The second kappa shape index (κ2) is 8.50. The van der Waals surface area contributed by atoms with E-state index in [1.807, 2.05) is 35.6 Å². The van der Waals surface area contributed by atoms with Crippen LogP contribution in [-0.4, -0.2) is 7.11 Å². The van der Waals surface area contributed by atoms with Gasteiger partial charge in [0.2, 0.25) is 0 Å². The van der Waals surface area contributed by atoms with E-state index in [-0.39, 0.29) is 5.57 Å². The van der Waals surface area contributed by atoms with Crippen LogP contribution in [0.15, 0.2) is 54.1 Å². The summed E-state index contributed by atoms with van der Waals surface area (Å²) < 4.78 is 6.56. The number of rotatable bonds is 4. The molecule has 5 aromatic rings. The molecule has 0 saturated carbocycles. The van der Waals surface area contributed by atoms with Gasteiger partial charge in [0, 0.05) is 30.8 Å². The van der Waals surface area contributed by atoms with Gasteiger partial charge >= 0.3 is 0 Å². The summed E-state index contributed by atoms with van der Waals surface area (Å²) in [5, 5.41) is 22.0. The zero-order valence-corrected chi connectivity index (χ0v) is 20.7. The lowest BCUT2D eigenvalue weighted by atomic mass is 10.0. The van der Waals surface area contributed by atoms with Gasteiger partial charge in [-0.2, -0.15) is 10.5 Å². The second-order valence-corrected chi connectivity index (χ2v) is 11.0. The van der Waals surface area contributed by atoms with Crippen molar-refractivity contribution in [3.8, 4) is 38.1 Å². The van der Waals surface area contributed by atoms with Crippen molar-refractivity contribution in [1.82, 2.24) is 0 Å². The van der Waals surface area contributed by atoms with E-state index in [2.05, 4.69) is 50.2 Å². The third-order valence-corrected chi connectivity index (χ3v) is 9.81. The molecule has 0 atom stereocenters. The van der Waals surface area contributed by atoms with E-state index < -0.39 is 0 Å². The molecule has 5 rings (SSSR count). The number of benzene rings is 2. The van der Waals surface area contributed by atoms with Crippen LogP contribution in [0, 0.1) is 36.5 Å². The number of hydrogen-bond acceptors (Lipinski definition) is 6. The van der Waals surface area contributed by atoms with Crippen LogP contribution in [0.3, 0.4) is 0 Å². The molecule has 0 N–H and O–H groups in total. The Balaban J connectivity index is 1.69. The lowest BCUT2D eigenvalue weighted by Crippen LogP contribution is -1.81. The third-order valence-electron chi connectivity index (χ3n) is 5.76. The van der Waals surface area contributed by atoms with Crippen LogP contribution in [0.5, 0.6) is 5.75 Å². The van der Waals surface area contributed by atoms with Gasteiger partial charge in [-0.15, -0.1) is 34.0 Å². The summed E-state index contributed by atoms with van der Waals surface area (Å²) in [5.74, 6) is 0.852. The first-order valence-corrected chi connectivity index (χ1v) is 12.7. The van der Waals surface area contributed by atoms with Gasteiger partial charge in [-0.1, -0.05) is 24.3 Å². The van der Waals surface area contributed by atoms with E-state index in [4.69, 9.17) is 15.3 Å². The van der Waals surface area contributed by atoms with E-state index in [1.165, 1.54) is 45.9 Å². The van der Waals surface area contributed by atoms with Gasteiger partial charge in [0.05, 0.1) is 16.0 Å².